The maximum atomic E-state index is 13.4. The van der Waals surface area contributed by atoms with E-state index in [1.807, 2.05) is 18.2 Å². The van der Waals surface area contributed by atoms with E-state index in [9.17, 15) is 9.59 Å². The summed E-state index contributed by atoms with van der Waals surface area (Å²) in [5.41, 5.74) is 1.51. The van der Waals surface area contributed by atoms with E-state index in [0.717, 1.165) is 25.2 Å². The zero-order valence-corrected chi connectivity index (χ0v) is 17.3. The van der Waals surface area contributed by atoms with Crippen LogP contribution in [0.25, 0.3) is 11.0 Å². The number of carbonyl (C=O) groups is 1. The Morgan fingerprint density at radius 3 is 2.55 bits per heavy atom. The predicted octanol–water partition coefficient (Wildman–Crippen LogP) is 2.92. The maximum Gasteiger partial charge on any atom is 0.291 e. The largest absolute Gasteiger partial charge is 0.450 e. The van der Waals surface area contributed by atoms with Gasteiger partial charge in [-0.25, -0.2) is 0 Å². The Labute approximate surface area is 174 Å². The number of quaternary nitrogens is 1. The molecule has 2 heterocycles. The number of rotatable bonds is 6. The third-order valence-corrected chi connectivity index (χ3v) is 5.98. The molecule has 1 aliphatic heterocycles. The van der Waals surface area contributed by atoms with Gasteiger partial charge < -0.3 is 14.2 Å². The van der Waals surface area contributed by atoms with Crippen LogP contribution in [0.1, 0.15) is 41.6 Å². The minimum absolute atomic E-state index is 0.147. The zero-order chi connectivity index (χ0) is 20.5. The van der Waals surface area contributed by atoms with Gasteiger partial charge >= 0.3 is 0 Å². The molecule has 1 aromatic heterocycles. The van der Waals surface area contributed by atoms with Gasteiger partial charge in [0.1, 0.15) is 5.58 Å². The number of nitrogens with zero attached hydrogens (tertiary/aromatic N) is 1. The molecule has 4 rings (SSSR count). The van der Waals surface area contributed by atoms with Crippen LogP contribution in [0.4, 0.5) is 0 Å². The van der Waals surface area contributed by atoms with Crippen molar-refractivity contribution >= 4 is 28.5 Å². The molecule has 1 N–H and O–H groups in total. The highest BCUT2D eigenvalue weighted by molar-refractivity contribution is 6.30. The van der Waals surface area contributed by atoms with Crippen molar-refractivity contribution in [3.63, 3.8) is 0 Å². The van der Waals surface area contributed by atoms with Crippen molar-refractivity contribution in [3.05, 3.63) is 80.7 Å². The standard InChI is InChI=1S/C23H23ClN2O3/c1-3-25(4-2)12-13-26-20(15-8-7-9-16(24)14-15)19-21(27)17-10-5-6-11-18(17)29-22(19)23(26)28/h5-11,14,20H,3-4,12-13H2,1-2H3/p+1/t20-/m1/s1. The second kappa shape index (κ2) is 8.01. The van der Waals surface area contributed by atoms with Crippen LogP contribution in [0.15, 0.2) is 57.7 Å². The number of carbonyl (C=O) groups excluding carboxylic acids is 1. The molecule has 0 bridgehead atoms. The number of halogens is 1. The van der Waals surface area contributed by atoms with Gasteiger partial charge in [-0.05, 0) is 43.7 Å². The van der Waals surface area contributed by atoms with Crippen LogP contribution in [0.3, 0.4) is 0 Å². The third-order valence-electron chi connectivity index (χ3n) is 5.74. The van der Waals surface area contributed by atoms with Crippen LogP contribution in [0.2, 0.25) is 5.02 Å². The van der Waals surface area contributed by atoms with Crippen molar-refractivity contribution in [3.8, 4) is 0 Å². The van der Waals surface area contributed by atoms with Gasteiger partial charge in [0.2, 0.25) is 5.76 Å². The fourth-order valence-electron chi connectivity index (χ4n) is 4.10. The van der Waals surface area contributed by atoms with Crippen molar-refractivity contribution in [1.82, 2.24) is 4.90 Å². The fraction of sp³-hybridized carbons (Fsp3) is 0.304. The summed E-state index contributed by atoms with van der Waals surface area (Å²) < 4.78 is 5.94. The minimum Gasteiger partial charge on any atom is -0.450 e. The fourth-order valence-corrected chi connectivity index (χ4v) is 4.30. The molecule has 0 saturated carbocycles. The Kier molecular flexibility index (Phi) is 5.43. The Balaban J connectivity index is 1.87. The number of likely N-dealkylation sites (N-methyl/N-ethyl adjacent to an activating group) is 1. The van der Waals surface area contributed by atoms with Crippen molar-refractivity contribution in [2.45, 2.75) is 19.9 Å². The van der Waals surface area contributed by atoms with Gasteiger partial charge in [-0.3, -0.25) is 9.59 Å². The molecule has 3 aromatic rings. The van der Waals surface area contributed by atoms with Gasteiger partial charge in [0.25, 0.3) is 5.91 Å². The molecule has 1 atom stereocenters. The molecule has 2 aromatic carbocycles. The lowest BCUT2D eigenvalue weighted by Gasteiger charge is -2.26. The number of amides is 1. The quantitative estimate of drug-likeness (QED) is 0.678. The van der Waals surface area contributed by atoms with Gasteiger partial charge in [0.05, 0.1) is 43.2 Å². The summed E-state index contributed by atoms with van der Waals surface area (Å²) in [6, 6.07) is 13.9. The SMILES string of the molecule is CC[NH+](CC)CCN1C(=O)c2oc3ccccc3c(=O)c2[C@H]1c1cccc(Cl)c1. The van der Waals surface area contributed by atoms with E-state index in [1.54, 1.807) is 35.2 Å². The lowest BCUT2D eigenvalue weighted by atomic mass is 9.98. The first-order valence-electron chi connectivity index (χ1n) is 10.0. The highest BCUT2D eigenvalue weighted by Gasteiger charge is 2.42. The Hall–Kier alpha value is -2.63. The minimum atomic E-state index is -0.494. The molecule has 0 saturated heterocycles. The smallest absolute Gasteiger partial charge is 0.291 e. The second-order valence-corrected chi connectivity index (χ2v) is 7.77. The number of hydrogen-bond donors (Lipinski definition) is 1. The molecule has 150 valence electrons. The monoisotopic (exact) mass is 411 g/mol. The molecular weight excluding hydrogens is 388 g/mol. The Morgan fingerprint density at radius 2 is 1.83 bits per heavy atom. The molecular formula is C23H24ClN2O3+. The molecule has 0 radical (unpaired) electrons. The Bertz CT molecular complexity index is 1120. The molecule has 0 aliphatic carbocycles. The number of para-hydroxylation sites is 1. The summed E-state index contributed by atoms with van der Waals surface area (Å²) in [4.78, 5) is 29.8. The van der Waals surface area contributed by atoms with E-state index in [0.29, 0.717) is 28.1 Å². The van der Waals surface area contributed by atoms with Gasteiger partial charge in [-0.1, -0.05) is 35.9 Å². The Morgan fingerprint density at radius 1 is 1.07 bits per heavy atom. The van der Waals surface area contributed by atoms with Crippen LogP contribution in [0.5, 0.6) is 0 Å². The summed E-state index contributed by atoms with van der Waals surface area (Å²) >= 11 is 6.23. The van der Waals surface area contributed by atoms with Gasteiger partial charge in [-0.15, -0.1) is 0 Å². The van der Waals surface area contributed by atoms with Crippen molar-refractivity contribution in [1.29, 1.82) is 0 Å². The van der Waals surface area contributed by atoms with Gasteiger partial charge in [0.15, 0.2) is 5.43 Å². The highest BCUT2D eigenvalue weighted by Crippen LogP contribution is 2.38. The molecule has 6 heteroatoms. The van der Waals surface area contributed by atoms with Crippen molar-refractivity contribution in [2.24, 2.45) is 0 Å². The number of benzene rings is 2. The molecule has 0 unspecified atom stereocenters. The van der Waals surface area contributed by atoms with Crippen LogP contribution in [-0.4, -0.2) is 37.0 Å². The van der Waals surface area contributed by atoms with Crippen LogP contribution in [-0.2, 0) is 0 Å². The lowest BCUT2D eigenvalue weighted by molar-refractivity contribution is -0.895. The van der Waals surface area contributed by atoms with Crippen LogP contribution in [0, 0.1) is 0 Å². The topological polar surface area (TPSA) is 55.0 Å². The highest BCUT2D eigenvalue weighted by atomic mass is 35.5. The van der Waals surface area contributed by atoms with Crippen molar-refractivity contribution < 1.29 is 14.1 Å². The molecule has 1 amide bonds. The molecule has 1 aliphatic rings. The summed E-state index contributed by atoms with van der Waals surface area (Å²) in [5.74, 6) is -0.0902. The first-order valence-corrected chi connectivity index (χ1v) is 10.4. The van der Waals surface area contributed by atoms with E-state index >= 15 is 0 Å². The van der Waals surface area contributed by atoms with E-state index in [4.69, 9.17) is 16.0 Å². The summed E-state index contributed by atoms with van der Waals surface area (Å²) in [6.45, 7) is 7.56. The normalized spacial score (nSPS) is 16.1. The molecule has 0 fully saturated rings. The summed E-state index contributed by atoms with van der Waals surface area (Å²) in [6.07, 6.45) is 0. The summed E-state index contributed by atoms with van der Waals surface area (Å²) in [7, 11) is 0. The first-order chi connectivity index (χ1) is 14.0. The van der Waals surface area contributed by atoms with Crippen molar-refractivity contribution in [2.75, 3.05) is 26.2 Å². The zero-order valence-electron chi connectivity index (χ0n) is 16.6. The maximum absolute atomic E-state index is 13.4. The van der Waals surface area contributed by atoms with Crippen LogP contribution >= 0.6 is 11.6 Å². The van der Waals surface area contributed by atoms with E-state index < -0.39 is 6.04 Å². The molecule has 29 heavy (non-hydrogen) atoms. The van der Waals surface area contributed by atoms with Gasteiger partial charge in [0, 0.05) is 5.02 Å². The average molecular weight is 412 g/mol. The first kappa shape index (κ1) is 19.7. The van der Waals surface area contributed by atoms with E-state index in [-0.39, 0.29) is 17.1 Å². The van der Waals surface area contributed by atoms with Crippen LogP contribution < -0.4 is 10.3 Å². The van der Waals surface area contributed by atoms with E-state index in [1.165, 1.54) is 4.90 Å². The predicted molar refractivity (Wildman–Crippen MR) is 114 cm³/mol. The molecule has 5 nitrogen and oxygen atoms in total. The van der Waals surface area contributed by atoms with E-state index in [2.05, 4.69) is 13.8 Å². The lowest BCUT2D eigenvalue weighted by Crippen LogP contribution is -3.12. The molecule has 0 spiro atoms. The van der Waals surface area contributed by atoms with Gasteiger partial charge in [-0.2, -0.15) is 0 Å². The number of nitrogens with one attached hydrogen (secondary N) is 1. The third kappa shape index (κ3) is 3.45. The second-order valence-electron chi connectivity index (χ2n) is 7.33. The summed E-state index contributed by atoms with van der Waals surface area (Å²) in [5, 5.41) is 1.06. The average Bonchev–Trinajstić information content (AvgIpc) is 3.01. The number of hydrogen-bond acceptors (Lipinski definition) is 3. The number of fused-ring (bicyclic) bond motifs is 2.